The first-order chi connectivity index (χ1) is 13.1. The van der Waals surface area contributed by atoms with Gasteiger partial charge in [-0.3, -0.25) is 24.4 Å². The second-order valence-electron chi connectivity index (χ2n) is 5.61. The molecule has 3 aromatic rings. The predicted octanol–water partition coefficient (Wildman–Crippen LogP) is 0.996. The average Bonchev–Trinajstić information content (AvgIpc) is 3.18. The van der Waals surface area contributed by atoms with Crippen molar-refractivity contribution in [2.75, 3.05) is 0 Å². The van der Waals surface area contributed by atoms with Crippen molar-refractivity contribution in [2.45, 2.75) is 12.5 Å². The van der Waals surface area contributed by atoms with Crippen LogP contribution in [0, 0.1) is 0 Å². The lowest BCUT2D eigenvalue weighted by Crippen LogP contribution is -2.47. The van der Waals surface area contributed by atoms with Crippen LogP contribution in [0.25, 0.3) is 11.3 Å². The molecule has 0 bridgehead atoms. The van der Waals surface area contributed by atoms with Crippen LogP contribution in [-0.4, -0.2) is 38.0 Å². The normalized spacial score (nSPS) is 11.6. The van der Waals surface area contributed by atoms with Crippen LogP contribution < -0.4 is 11.1 Å². The van der Waals surface area contributed by atoms with Crippen molar-refractivity contribution in [3.8, 4) is 11.3 Å². The maximum absolute atomic E-state index is 12.7. The zero-order valence-corrected chi connectivity index (χ0v) is 14.8. The summed E-state index contributed by atoms with van der Waals surface area (Å²) in [6.45, 7) is 0. The van der Waals surface area contributed by atoms with Crippen molar-refractivity contribution >= 4 is 29.1 Å². The van der Waals surface area contributed by atoms with Crippen LogP contribution in [0.3, 0.4) is 0 Å². The lowest BCUT2D eigenvalue weighted by atomic mass is 10.0. The van der Waals surface area contributed by atoms with Gasteiger partial charge in [0, 0.05) is 36.0 Å². The first kappa shape index (κ1) is 18.3. The average molecular weight is 381 g/mol. The van der Waals surface area contributed by atoms with Crippen LogP contribution in [0.15, 0.2) is 54.3 Å². The summed E-state index contributed by atoms with van der Waals surface area (Å²) in [4.78, 5) is 44.4. The number of primary amides is 1. The SMILES string of the molecule is NC(=O)C(=O)C(Cc1cccnc1)NC(=O)c1nscc1-c1ccccn1. The molecule has 0 aromatic carbocycles. The fourth-order valence-corrected chi connectivity index (χ4v) is 3.14. The molecule has 3 N–H and O–H groups in total. The highest BCUT2D eigenvalue weighted by molar-refractivity contribution is 7.04. The predicted molar refractivity (Wildman–Crippen MR) is 98.7 cm³/mol. The Morgan fingerprint density at radius 1 is 1.15 bits per heavy atom. The monoisotopic (exact) mass is 381 g/mol. The molecule has 0 aliphatic heterocycles. The van der Waals surface area contributed by atoms with E-state index in [0.717, 1.165) is 11.5 Å². The number of amides is 2. The molecule has 0 aliphatic rings. The zero-order chi connectivity index (χ0) is 19.2. The first-order valence-corrected chi connectivity index (χ1v) is 8.79. The molecule has 136 valence electrons. The Bertz CT molecular complexity index is 959. The van der Waals surface area contributed by atoms with Crippen molar-refractivity contribution in [2.24, 2.45) is 5.73 Å². The van der Waals surface area contributed by atoms with E-state index in [4.69, 9.17) is 5.73 Å². The van der Waals surface area contributed by atoms with Gasteiger partial charge in [0.05, 0.1) is 5.69 Å². The van der Waals surface area contributed by atoms with Crippen LogP contribution in [-0.2, 0) is 16.0 Å². The Morgan fingerprint density at radius 3 is 2.67 bits per heavy atom. The van der Waals surface area contributed by atoms with Crippen molar-refractivity contribution in [3.05, 3.63) is 65.6 Å². The van der Waals surface area contributed by atoms with E-state index in [1.165, 1.54) is 0 Å². The maximum atomic E-state index is 12.7. The number of Topliss-reactive ketones (excluding diaryl/α,β-unsaturated/α-hetero) is 1. The molecule has 3 aromatic heterocycles. The minimum atomic E-state index is -1.12. The van der Waals surface area contributed by atoms with Crippen LogP contribution in [0.4, 0.5) is 0 Å². The molecule has 0 fully saturated rings. The number of hydrogen-bond donors (Lipinski definition) is 2. The molecule has 27 heavy (non-hydrogen) atoms. The molecular formula is C18H15N5O3S. The smallest absolute Gasteiger partial charge is 0.287 e. The summed E-state index contributed by atoms with van der Waals surface area (Å²) in [5.74, 6) is -2.59. The van der Waals surface area contributed by atoms with E-state index in [1.807, 2.05) is 0 Å². The molecule has 3 heterocycles. The molecule has 1 atom stereocenters. The number of nitrogens with two attached hydrogens (primary N) is 1. The van der Waals surface area contributed by atoms with Gasteiger partial charge < -0.3 is 11.1 Å². The quantitative estimate of drug-likeness (QED) is 0.588. The summed E-state index contributed by atoms with van der Waals surface area (Å²) in [6.07, 6.45) is 4.83. The van der Waals surface area contributed by atoms with E-state index in [1.54, 1.807) is 54.3 Å². The number of aromatic nitrogens is 3. The van der Waals surface area contributed by atoms with Crippen molar-refractivity contribution in [3.63, 3.8) is 0 Å². The molecule has 1 unspecified atom stereocenters. The van der Waals surface area contributed by atoms with Gasteiger partial charge in [-0.2, -0.15) is 4.37 Å². The third-order valence-electron chi connectivity index (χ3n) is 3.75. The summed E-state index contributed by atoms with van der Waals surface area (Å²) in [5.41, 5.74) is 7.07. The summed E-state index contributed by atoms with van der Waals surface area (Å²) in [5, 5.41) is 4.26. The summed E-state index contributed by atoms with van der Waals surface area (Å²) in [6, 6.07) is 7.63. The van der Waals surface area contributed by atoms with E-state index in [9.17, 15) is 14.4 Å². The van der Waals surface area contributed by atoms with Crippen LogP contribution in [0.1, 0.15) is 16.1 Å². The Labute approximate surface area is 158 Å². The largest absolute Gasteiger partial charge is 0.363 e. The number of hydrogen-bond acceptors (Lipinski definition) is 7. The number of ketones is 1. The van der Waals surface area contributed by atoms with E-state index >= 15 is 0 Å². The number of carbonyl (C=O) groups excluding carboxylic acids is 3. The number of rotatable bonds is 7. The lowest BCUT2D eigenvalue weighted by molar-refractivity contribution is -0.137. The molecule has 9 heteroatoms. The van der Waals surface area contributed by atoms with Gasteiger partial charge in [0.1, 0.15) is 6.04 Å². The molecule has 2 amide bonds. The molecule has 8 nitrogen and oxygen atoms in total. The van der Waals surface area contributed by atoms with Gasteiger partial charge in [0.2, 0.25) is 5.78 Å². The first-order valence-electron chi connectivity index (χ1n) is 7.95. The van der Waals surface area contributed by atoms with Gasteiger partial charge in [0.15, 0.2) is 5.69 Å². The van der Waals surface area contributed by atoms with Crippen LogP contribution >= 0.6 is 11.5 Å². The number of nitrogens with zero attached hydrogens (tertiary/aromatic N) is 3. The molecule has 0 saturated carbocycles. The lowest BCUT2D eigenvalue weighted by Gasteiger charge is -2.16. The highest BCUT2D eigenvalue weighted by atomic mass is 32.1. The fourth-order valence-electron chi connectivity index (χ4n) is 2.47. The number of nitrogens with one attached hydrogen (secondary N) is 1. The minimum Gasteiger partial charge on any atom is -0.363 e. The summed E-state index contributed by atoms with van der Waals surface area (Å²) in [7, 11) is 0. The van der Waals surface area contributed by atoms with E-state index in [2.05, 4.69) is 19.7 Å². The third kappa shape index (κ3) is 4.39. The zero-order valence-electron chi connectivity index (χ0n) is 14.0. The molecule has 0 aliphatic carbocycles. The van der Waals surface area contributed by atoms with Crippen molar-refractivity contribution in [1.82, 2.24) is 19.7 Å². The van der Waals surface area contributed by atoms with E-state index < -0.39 is 23.6 Å². The molecule has 0 radical (unpaired) electrons. The topological polar surface area (TPSA) is 128 Å². The standard InChI is InChI=1S/C18H15N5O3S/c19-17(25)16(24)14(8-11-4-3-6-20-9-11)22-18(26)15-12(10-27-23-15)13-5-1-2-7-21-13/h1-7,9-10,14H,8H2,(H2,19,25)(H,22,26). The van der Waals surface area contributed by atoms with Gasteiger partial charge in [-0.15, -0.1) is 0 Å². The number of carbonyl (C=O) groups is 3. The van der Waals surface area contributed by atoms with Gasteiger partial charge in [-0.25, -0.2) is 0 Å². The van der Waals surface area contributed by atoms with Gasteiger partial charge in [-0.05, 0) is 35.3 Å². The van der Waals surface area contributed by atoms with Gasteiger partial charge >= 0.3 is 0 Å². The van der Waals surface area contributed by atoms with Gasteiger partial charge in [-0.1, -0.05) is 12.1 Å². The Kier molecular flexibility index (Phi) is 5.62. The molecule has 3 rings (SSSR count). The third-order valence-corrected chi connectivity index (χ3v) is 4.38. The molecular weight excluding hydrogens is 366 g/mol. The second-order valence-corrected chi connectivity index (χ2v) is 6.24. The summed E-state index contributed by atoms with van der Waals surface area (Å²) >= 11 is 1.10. The summed E-state index contributed by atoms with van der Waals surface area (Å²) < 4.78 is 4.11. The van der Waals surface area contributed by atoms with Crippen LogP contribution in [0.2, 0.25) is 0 Å². The van der Waals surface area contributed by atoms with E-state index in [-0.39, 0.29) is 12.1 Å². The Balaban J connectivity index is 1.84. The Hall–Kier alpha value is -3.46. The van der Waals surface area contributed by atoms with Crippen molar-refractivity contribution < 1.29 is 14.4 Å². The number of pyridine rings is 2. The highest BCUT2D eigenvalue weighted by Gasteiger charge is 2.28. The van der Waals surface area contributed by atoms with Crippen molar-refractivity contribution in [1.29, 1.82) is 0 Å². The minimum absolute atomic E-state index is 0.0877. The van der Waals surface area contributed by atoms with Gasteiger partial charge in [0.25, 0.3) is 11.8 Å². The van der Waals surface area contributed by atoms with E-state index in [0.29, 0.717) is 16.8 Å². The van der Waals surface area contributed by atoms with Crippen LogP contribution in [0.5, 0.6) is 0 Å². The molecule has 0 spiro atoms. The maximum Gasteiger partial charge on any atom is 0.287 e. The Morgan fingerprint density at radius 2 is 2.00 bits per heavy atom. The second kappa shape index (κ2) is 8.28. The molecule has 0 saturated heterocycles. The fraction of sp³-hybridized carbons (Fsp3) is 0.111. The highest BCUT2D eigenvalue weighted by Crippen LogP contribution is 2.23.